The topological polar surface area (TPSA) is 51.6 Å². The fourth-order valence-corrected chi connectivity index (χ4v) is 25.3. The number of nitrogens with zero attached hydrogens (tertiary/aromatic N) is 4. The first-order valence-electron chi connectivity index (χ1n) is 26.1. The van der Waals surface area contributed by atoms with Gasteiger partial charge in [0.15, 0.2) is 0 Å². The molecule has 2 aromatic carbocycles. The minimum Gasteiger partial charge on any atom is -0.206 e. The van der Waals surface area contributed by atoms with Crippen molar-refractivity contribution in [2.45, 2.75) is 169 Å². The van der Waals surface area contributed by atoms with Gasteiger partial charge in [0.05, 0.1) is 9.40 Å². The third kappa shape index (κ3) is 10.5. The van der Waals surface area contributed by atoms with E-state index in [1.54, 1.807) is 34.8 Å². The maximum absolute atomic E-state index is 16.9. The summed E-state index contributed by atoms with van der Waals surface area (Å²) in [6.45, 7) is 13.9. The van der Waals surface area contributed by atoms with Crippen LogP contribution < -0.4 is 10.4 Å². The van der Waals surface area contributed by atoms with Crippen LogP contribution in [0.3, 0.4) is 0 Å². The highest BCUT2D eigenvalue weighted by atomic mass is 32.1. The van der Waals surface area contributed by atoms with Crippen LogP contribution in [0, 0.1) is 23.5 Å². The number of hydrogen-bond acceptors (Lipinski definition) is 10. The van der Waals surface area contributed by atoms with Crippen molar-refractivity contribution in [2.24, 2.45) is 11.8 Å². The van der Waals surface area contributed by atoms with Gasteiger partial charge in [-0.15, -0.1) is 55.5 Å². The first-order chi connectivity index (χ1) is 33.7. The molecule has 0 saturated carbocycles. The number of benzene rings is 2. The van der Waals surface area contributed by atoms with Crippen molar-refractivity contribution in [1.82, 2.24) is 19.2 Å². The number of aryl methyl sites for hydroxylation is 2. The van der Waals surface area contributed by atoms with E-state index in [0.717, 1.165) is 89.6 Å². The lowest BCUT2D eigenvalue weighted by Crippen LogP contribution is -2.56. The summed E-state index contributed by atoms with van der Waals surface area (Å²) in [5.41, 5.74) is 4.55. The minimum atomic E-state index is -2.48. The highest BCUT2D eigenvalue weighted by Crippen LogP contribution is 2.52. The molecule has 2 unspecified atom stereocenters. The smallest absolute Gasteiger partial charge is 0.134 e. The van der Waals surface area contributed by atoms with Gasteiger partial charge in [0.1, 0.15) is 30.7 Å². The number of aromatic nitrogens is 4. The summed E-state index contributed by atoms with van der Waals surface area (Å²) < 4.78 is 44.5. The minimum absolute atomic E-state index is 0.201. The van der Waals surface area contributed by atoms with Crippen LogP contribution in [0.2, 0.25) is 12.1 Å². The van der Waals surface area contributed by atoms with Crippen LogP contribution in [0.15, 0.2) is 48.5 Å². The molecule has 9 rings (SSSR count). The van der Waals surface area contributed by atoms with Crippen LogP contribution in [-0.2, 0) is 12.8 Å². The summed E-state index contributed by atoms with van der Waals surface area (Å²) in [4.78, 5) is 9.35. The van der Waals surface area contributed by atoms with Crippen LogP contribution in [0.25, 0.3) is 71.9 Å². The van der Waals surface area contributed by atoms with Crippen LogP contribution in [-0.4, -0.2) is 27.2 Å². The number of thiophene rings is 4. The van der Waals surface area contributed by atoms with E-state index in [1.165, 1.54) is 142 Å². The lowest BCUT2D eigenvalue weighted by molar-refractivity contribution is 0.469. The first-order valence-corrected chi connectivity index (χ1v) is 33.3. The normalized spacial score (nSPS) is 14.1. The molecule has 2 atom stereocenters. The lowest BCUT2D eigenvalue weighted by atomic mass is 10.0. The second-order valence-corrected chi connectivity index (χ2v) is 29.7. The van der Waals surface area contributed by atoms with Gasteiger partial charge in [-0.3, -0.25) is 0 Å². The van der Waals surface area contributed by atoms with Crippen molar-refractivity contribution in [3.8, 4) is 51.5 Å². The molecule has 0 bridgehead atoms. The second kappa shape index (κ2) is 23.2. The summed E-state index contributed by atoms with van der Waals surface area (Å²) in [5.74, 6) is 0.806. The molecule has 0 radical (unpaired) electrons. The molecular formula is C56H68F2N4S6Si. The zero-order chi connectivity index (χ0) is 48.1. The number of hydrogen-bond donors (Lipinski definition) is 0. The van der Waals surface area contributed by atoms with Crippen molar-refractivity contribution in [3.05, 3.63) is 69.9 Å². The molecule has 0 N–H and O–H groups in total. The maximum Gasteiger partial charge on any atom is 0.134 e. The van der Waals surface area contributed by atoms with Crippen LogP contribution in [0.5, 0.6) is 0 Å². The van der Waals surface area contributed by atoms with Gasteiger partial charge in [-0.05, 0) is 132 Å². The molecule has 0 spiro atoms. The van der Waals surface area contributed by atoms with Gasteiger partial charge in [0.25, 0.3) is 0 Å². The van der Waals surface area contributed by atoms with Gasteiger partial charge < -0.3 is 0 Å². The molecule has 69 heavy (non-hydrogen) atoms. The molecule has 13 heteroatoms. The van der Waals surface area contributed by atoms with E-state index in [2.05, 4.69) is 86.9 Å². The van der Waals surface area contributed by atoms with E-state index in [1.807, 2.05) is 22.7 Å². The Hall–Kier alpha value is -3.04. The third-order valence-electron chi connectivity index (χ3n) is 14.9. The Morgan fingerprint density at radius 2 is 0.928 bits per heavy atom. The number of unbranched alkanes of at least 4 members (excludes halogenated alkanes) is 8. The standard InChI is InChI=1S/C56H68F2N4S6Si/c1-7-13-17-19-23-37-25-27-43(63-37)49-41(57)29-39(51-55(49)67-61-59-51)45-31-47-53(65-45)54-48(69(47,33-35(11-5)21-15-9-3)34-36(12-6)22-16-10-4)32-46(66-54)40-30-42(58)50(56-52(40)60-62-68-56)44-28-26-38(64-44)24-20-18-14-8-2/h25-32,35-36H,7-24,33-34H2,1-6H3. The van der Waals surface area contributed by atoms with Crippen molar-refractivity contribution >= 4 is 107 Å². The highest BCUT2D eigenvalue weighted by Gasteiger charge is 2.50. The molecule has 0 amide bonds. The van der Waals surface area contributed by atoms with Gasteiger partial charge in [0, 0.05) is 61.3 Å². The summed E-state index contributed by atoms with van der Waals surface area (Å²) in [5, 5.41) is 12.6. The number of halogens is 2. The molecule has 7 heterocycles. The first kappa shape index (κ1) is 50.9. The molecule has 0 saturated heterocycles. The molecule has 1 aliphatic heterocycles. The van der Waals surface area contributed by atoms with Gasteiger partial charge in [-0.2, -0.15) is 0 Å². The molecule has 0 fully saturated rings. The molecular weight excluding hydrogens is 987 g/mol. The third-order valence-corrected chi connectivity index (χ3v) is 27.0. The average Bonchev–Trinajstić information content (AvgIpc) is 4.22. The maximum atomic E-state index is 16.9. The summed E-state index contributed by atoms with van der Waals surface area (Å²) >= 11 is 9.68. The Balaban J connectivity index is 1.17. The quantitative estimate of drug-likeness (QED) is 0.0401. The summed E-state index contributed by atoms with van der Waals surface area (Å²) in [6.07, 6.45) is 21.4. The Morgan fingerprint density at radius 3 is 1.33 bits per heavy atom. The molecule has 8 aromatic rings. The van der Waals surface area contributed by atoms with E-state index in [-0.39, 0.29) is 11.6 Å². The SMILES string of the molecule is CCCCCCc1ccc(-c2c(F)cc(-c3cc4c(s3)-c3sc(-c5cc(F)c(-c6ccc(CCCCCC)s6)c6snnc56)cc3[Si]4(CC(CC)CCCC)CC(CC)CCCC)c3nnsc23)s1. The number of fused-ring (bicyclic) bond motifs is 5. The van der Waals surface area contributed by atoms with E-state index >= 15 is 8.78 Å². The van der Waals surface area contributed by atoms with E-state index in [9.17, 15) is 0 Å². The average molecular weight is 1060 g/mol. The predicted octanol–water partition coefficient (Wildman–Crippen LogP) is 19.1. The summed E-state index contributed by atoms with van der Waals surface area (Å²) in [6, 6.07) is 19.4. The van der Waals surface area contributed by atoms with Crippen LogP contribution in [0.1, 0.15) is 154 Å². The largest absolute Gasteiger partial charge is 0.206 e. The van der Waals surface area contributed by atoms with Crippen LogP contribution in [0.4, 0.5) is 8.78 Å². The van der Waals surface area contributed by atoms with Gasteiger partial charge >= 0.3 is 0 Å². The zero-order valence-electron chi connectivity index (χ0n) is 41.4. The Kier molecular flexibility index (Phi) is 17.1. The second-order valence-electron chi connectivity index (χ2n) is 19.6. The van der Waals surface area contributed by atoms with E-state index in [4.69, 9.17) is 10.2 Å². The molecule has 366 valence electrons. The fourth-order valence-electron chi connectivity index (χ4n) is 11.0. The molecule has 6 aromatic heterocycles. The van der Waals surface area contributed by atoms with Crippen molar-refractivity contribution in [2.75, 3.05) is 0 Å². The fraction of sp³-hybridized carbons (Fsp3) is 0.500. The van der Waals surface area contributed by atoms with Crippen LogP contribution >= 0.6 is 68.4 Å². The van der Waals surface area contributed by atoms with Gasteiger partial charge in [0.2, 0.25) is 0 Å². The lowest BCUT2D eigenvalue weighted by Gasteiger charge is -2.35. The van der Waals surface area contributed by atoms with Gasteiger partial charge in [-0.25, -0.2) is 8.78 Å². The van der Waals surface area contributed by atoms with Crippen molar-refractivity contribution in [1.29, 1.82) is 0 Å². The Morgan fingerprint density at radius 1 is 0.493 bits per heavy atom. The number of rotatable bonds is 26. The Bertz CT molecular complexity index is 2770. The predicted molar refractivity (Wildman–Crippen MR) is 304 cm³/mol. The molecule has 4 nitrogen and oxygen atoms in total. The van der Waals surface area contributed by atoms with Crippen molar-refractivity contribution in [3.63, 3.8) is 0 Å². The highest BCUT2D eigenvalue weighted by molar-refractivity contribution is 7.32. The monoisotopic (exact) mass is 1050 g/mol. The Labute approximate surface area is 434 Å². The summed E-state index contributed by atoms with van der Waals surface area (Å²) in [7, 11) is -2.48. The molecule has 1 aliphatic rings. The van der Waals surface area contributed by atoms with Crippen molar-refractivity contribution < 1.29 is 8.78 Å². The zero-order valence-corrected chi connectivity index (χ0v) is 47.3. The van der Waals surface area contributed by atoms with E-state index < -0.39 is 8.07 Å². The van der Waals surface area contributed by atoms with Gasteiger partial charge in [-0.1, -0.05) is 140 Å². The van der Waals surface area contributed by atoms with E-state index in [0.29, 0.717) is 23.0 Å². The molecule has 0 aliphatic carbocycles.